The van der Waals surface area contributed by atoms with Crippen molar-refractivity contribution in [3.63, 3.8) is 0 Å². The van der Waals surface area contributed by atoms with Gasteiger partial charge in [0.25, 0.3) is 0 Å². The van der Waals surface area contributed by atoms with E-state index in [4.69, 9.17) is 19.9 Å². The van der Waals surface area contributed by atoms with Gasteiger partial charge in [-0.05, 0) is 30.9 Å². The molecule has 0 fully saturated rings. The van der Waals surface area contributed by atoms with Gasteiger partial charge < -0.3 is 19.9 Å². The third kappa shape index (κ3) is 4.46. The highest BCUT2D eigenvalue weighted by Gasteiger charge is 2.19. The molecule has 2 N–H and O–H groups in total. The normalized spacial score (nSPS) is 11.8. The highest BCUT2D eigenvalue weighted by molar-refractivity contribution is 5.85. The van der Waals surface area contributed by atoms with Crippen molar-refractivity contribution in [3.8, 4) is 17.2 Å². The van der Waals surface area contributed by atoms with Crippen molar-refractivity contribution in [1.29, 1.82) is 0 Å². The number of hydrogen-bond acceptors (Lipinski definition) is 4. The molecule has 0 aromatic heterocycles. The van der Waals surface area contributed by atoms with Gasteiger partial charge in [0.1, 0.15) is 0 Å². The van der Waals surface area contributed by atoms with Crippen LogP contribution in [0.1, 0.15) is 38.3 Å². The third-order valence-electron chi connectivity index (χ3n) is 3.19. The number of nitrogens with two attached hydrogens (primary N) is 1. The largest absolute Gasteiger partial charge is 0.493 e. The Morgan fingerprint density at radius 2 is 1.55 bits per heavy atom. The Morgan fingerprint density at radius 1 is 0.950 bits per heavy atom. The van der Waals surface area contributed by atoms with Gasteiger partial charge in [-0.15, -0.1) is 12.4 Å². The van der Waals surface area contributed by atoms with Gasteiger partial charge in [-0.1, -0.05) is 13.8 Å². The molecule has 0 aliphatic carbocycles. The van der Waals surface area contributed by atoms with Crippen LogP contribution in [0.15, 0.2) is 12.1 Å². The molecule has 116 valence electrons. The van der Waals surface area contributed by atoms with Gasteiger partial charge in [0, 0.05) is 11.6 Å². The van der Waals surface area contributed by atoms with Crippen molar-refractivity contribution in [2.45, 2.75) is 32.7 Å². The summed E-state index contributed by atoms with van der Waals surface area (Å²) in [5.74, 6) is 2.55. The summed E-state index contributed by atoms with van der Waals surface area (Å²) in [5.41, 5.74) is 7.22. The topological polar surface area (TPSA) is 53.7 Å². The molecule has 4 nitrogen and oxygen atoms in total. The van der Waals surface area contributed by atoms with Crippen LogP contribution in [0, 0.1) is 5.92 Å². The predicted octanol–water partition coefficient (Wildman–Crippen LogP) is 3.57. The fourth-order valence-electron chi connectivity index (χ4n) is 2.08. The Labute approximate surface area is 128 Å². The predicted molar refractivity (Wildman–Crippen MR) is 84.3 cm³/mol. The van der Waals surface area contributed by atoms with E-state index in [2.05, 4.69) is 13.8 Å². The van der Waals surface area contributed by atoms with Crippen LogP contribution in [0.3, 0.4) is 0 Å². The average Bonchev–Trinajstić information content (AvgIpc) is 2.42. The zero-order valence-electron chi connectivity index (χ0n) is 12.9. The monoisotopic (exact) mass is 303 g/mol. The second-order valence-corrected chi connectivity index (χ2v) is 5.00. The minimum atomic E-state index is -0.0582. The Morgan fingerprint density at radius 3 is 2.00 bits per heavy atom. The van der Waals surface area contributed by atoms with Gasteiger partial charge in [-0.25, -0.2) is 0 Å². The number of rotatable bonds is 7. The number of methoxy groups -OCH3 is 3. The zero-order valence-corrected chi connectivity index (χ0v) is 13.8. The maximum absolute atomic E-state index is 6.26. The number of ether oxygens (including phenoxy) is 3. The highest BCUT2D eigenvalue weighted by atomic mass is 35.5. The number of benzene rings is 1. The van der Waals surface area contributed by atoms with Crippen LogP contribution in [-0.2, 0) is 0 Å². The van der Waals surface area contributed by atoms with Gasteiger partial charge in [0.2, 0.25) is 5.75 Å². The molecule has 0 spiro atoms. The van der Waals surface area contributed by atoms with Crippen molar-refractivity contribution in [2.75, 3.05) is 21.3 Å². The Kier molecular flexibility index (Phi) is 8.42. The first-order valence-electron chi connectivity index (χ1n) is 6.59. The minimum absolute atomic E-state index is 0. The molecule has 1 aromatic carbocycles. The summed E-state index contributed by atoms with van der Waals surface area (Å²) in [4.78, 5) is 0. The summed E-state index contributed by atoms with van der Waals surface area (Å²) in [6.45, 7) is 4.39. The van der Waals surface area contributed by atoms with E-state index in [1.807, 2.05) is 12.1 Å². The minimum Gasteiger partial charge on any atom is -0.493 e. The molecular formula is C15H26ClNO3. The molecule has 0 aliphatic rings. The molecule has 0 radical (unpaired) electrons. The molecule has 0 heterocycles. The van der Waals surface area contributed by atoms with E-state index in [1.54, 1.807) is 21.3 Å². The van der Waals surface area contributed by atoms with Gasteiger partial charge in [0.05, 0.1) is 21.3 Å². The molecule has 1 aromatic rings. The average molecular weight is 304 g/mol. The molecule has 5 heteroatoms. The van der Waals surface area contributed by atoms with Gasteiger partial charge >= 0.3 is 0 Å². The van der Waals surface area contributed by atoms with Crippen LogP contribution >= 0.6 is 12.4 Å². The Bertz CT molecular complexity index is 410. The van der Waals surface area contributed by atoms with Crippen LogP contribution in [0.25, 0.3) is 0 Å². The van der Waals surface area contributed by atoms with E-state index in [-0.39, 0.29) is 18.4 Å². The SMILES string of the molecule is COc1ccc([C@@H](N)CCC(C)C)c(OC)c1OC.Cl. The van der Waals surface area contributed by atoms with Crippen molar-refractivity contribution in [2.24, 2.45) is 11.7 Å². The summed E-state index contributed by atoms with van der Waals surface area (Å²) >= 11 is 0. The smallest absolute Gasteiger partial charge is 0.203 e. The first-order valence-corrected chi connectivity index (χ1v) is 6.59. The lowest BCUT2D eigenvalue weighted by Gasteiger charge is -2.20. The molecule has 0 unspecified atom stereocenters. The Hall–Kier alpha value is -1.13. The van der Waals surface area contributed by atoms with E-state index >= 15 is 0 Å². The van der Waals surface area contributed by atoms with Gasteiger partial charge in [-0.2, -0.15) is 0 Å². The van der Waals surface area contributed by atoms with Crippen LogP contribution in [0.2, 0.25) is 0 Å². The van der Waals surface area contributed by atoms with Crippen molar-refractivity contribution in [1.82, 2.24) is 0 Å². The van der Waals surface area contributed by atoms with Gasteiger partial charge in [0.15, 0.2) is 11.5 Å². The van der Waals surface area contributed by atoms with Crippen molar-refractivity contribution >= 4 is 12.4 Å². The molecule has 0 aliphatic heterocycles. The van der Waals surface area contributed by atoms with E-state index in [9.17, 15) is 0 Å². The summed E-state index contributed by atoms with van der Waals surface area (Å²) in [7, 11) is 4.83. The van der Waals surface area contributed by atoms with Crippen LogP contribution < -0.4 is 19.9 Å². The number of halogens is 1. The van der Waals surface area contributed by atoms with E-state index in [0.717, 1.165) is 18.4 Å². The fraction of sp³-hybridized carbons (Fsp3) is 0.600. The molecule has 0 bridgehead atoms. The van der Waals surface area contributed by atoms with Crippen LogP contribution in [0.5, 0.6) is 17.2 Å². The molecular weight excluding hydrogens is 278 g/mol. The fourth-order valence-corrected chi connectivity index (χ4v) is 2.08. The lowest BCUT2D eigenvalue weighted by molar-refractivity contribution is 0.320. The second-order valence-electron chi connectivity index (χ2n) is 5.00. The standard InChI is InChI=1S/C15H25NO3.ClH/c1-10(2)6-8-12(16)11-7-9-13(17-3)15(19-5)14(11)18-4;/h7,9-10,12H,6,8,16H2,1-5H3;1H/t12-;/m0./s1. The van der Waals surface area contributed by atoms with Gasteiger partial charge in [-0.3, -0.25) is 0 Å². The first-order chi connectivity index (χ1) is 9.04. The summed E-state index contributed by atoms with van der Waals surface area (Å²) in [6, 6.07) is 3.76. The Balaban J connectivity index is 0.00000361. The molecule has 1 atom stereocenters. The summed E-state index contributed by atoms with van der Waals surface area (Å²) in [5, 5.41) is 0. The van der Waals surface area contributed by atoms with Crippen LogP contribution in [0.4, 0.5) is 0 Å². The molecule has 0 saturated carbocycles. The lowest BCUT2D eigenvalue weighted by atomic mass is 9.97. The lowest BCUT2D eigenvalue weighted by Crippen LogP contribution is -2.13. The quantitative estimate of drug-likeness (QED) is 0.836. The van der Waals surface area contributed by atoms with E-state index < -0.39 is 0 Å². The second kappa shape index (κ2) is 8.93. The summed E-state index contributed by atoms with van der Waals surface area (Å²) < 4.78 is 16.1. The van der Waals surface area contributed by atoms with E-state index in [1.165, 1.54) is 0 Å². The summed E-state index contributed by atoms with van der Waals surface area (Å²) in [6.07, 6.45) is 2.00. The van der Waals surface area contributed by atoms with Crippen molar-refractivity contribution in [3.05, 3.63) is 17.7 Å². The molecule has 0 amide bonds. The first kappa shape index (κ1) is 18.9. The van der Waals surface area contributed by atoms with E-state index in [0.29, 0.717) is 23.2 Å². The van der Waals surface area contributed by atoms with Crippen LogP contribution in [-0.4, -0.2) is 21.3 Å². The maximum atomic E-state index is 6.26. The third-order valence-corrected chi connectivity index (χ3v) is 3.19. The zero-order chi connectivity index (χ0) is 14.4. The molecule has 20 heavy (non-hydrogen) atoms. The van der Waals surface area contributed by atoms with Crippen molar-refractivity contribution < 1.29 is 14.2 Å². The molecule has 1 rings (SSSR count). The maximum Gasteiger partial charge on any atom is 0.203 e. The highest BCUT2D eigenvalue weighted by Crippen LogP contribution is 2.42. The molecule has 0 saturated heterocycles. The number of hydrogen-bond donors (Lipinski definition) is 1.